The summed E-state index contributed by atoms with van der Waals surface area (Å²) in [6, 6.07) is 10.1. The minimum Gasteiger partial charge on any atom is -0.436 e. The molecule has 1 aliphatic rings. The van der Waals surface area contributed by atoms with Gasteiger partial charge in [-0.05, 0) is 43.2 Å². The van der Waals surface area contributed by atoms with Gasteiger partial charge < -0.3 is 9.32 Å². The Bertz CT molecular complexity index is 730. The Morgan fingerprint density at radius 1 is 1.00 bits per heavy atom. The number of hydrogen-bond acceptors (Lipinski definition) is 4. The van der Waals surface area contributed by atoms with Crippen LogP contribution in [0, 0.1) is 0 Å². The lowest BCUT2D eigenvalue weighted by Gasteiger charge is -2.16. The van der Waals surface area contributed by atoms with Gasteiger partial charge in [0, 0.05) is 36.7 Å². The number of rotatable bonds is 2. The van der Waals surface area contributed by atoms with Crippen LogP contribution in [-0.2, 0) is 0 Å². The van der Waals surface area contributed by atoms with Crippen LogP contribution in [0.2, 0.25) is 0 Å². The van der Waals surface area contributed by atoms with Gasteiger partial charge in [0.25, 0.3) is 0 Å². The molecule has 4 heteroatoms. The van der Waals surface area contributed by atoms with Crippen LogP contribution in [0.4, 0.5) is 5.69 Å². The van der Waals surface area contributed by atoms with Crippen LogP contribution in [-0.4, -0.2) is 23.1 Å². The van der Waals surface area contributed by atoms with Crippen LogP contribution in [0.15, 0.2) is 47.1 Å². The summed E-state index contributed by atoms with van der Waals surface area (Å²) < 4.78 is 5.81. The second kappa shape index (κ2) is 4.63. The molecule has 0 spiro atoms. The van der Waals surface area contributed by atoms with Gasteiger partial charge in [0.05, 0.1) is 0 Å². The van der Waals surface area contributed by atoms with Crippen molar-refractivity contribution in [2.45, 2.75) is 12.8 Å². The molecule has 0 atom stereocenters. The molecule has 4 rings (SSSR count). The molecule has 2 aromatic heterocycles. The van der Waals surface area contributed by atoms with Gasteiger partial charge in [-0.2, -0.15) is 0 Å². The molecule has 0 unspecified atom stereocenters. The molecule has 0 saturated carbocycles. The maximum atomic E-state index is 5.81. The number of aromatic nitrogens is 2. The van der Waals surface area contributed by atoms with Crippen molar-refractivity contribution < 1.29 is 4.42 Å². The van der Waals surface area contributed by atoms with Crippen molar-refractivity contribution in [3.63, 3.8) is 0 Å². The van der Waals surface area contributed by atoms with Crippen molar-refractivity contribution in [3.8, 4) is 11.5 Å². The average molecular weight is 265 g/mol. The number of fused-ring (bicyclic) bond motifs is 1. The van der Waals surface area contributed by atoms with Gasteiger partial charge in [-0.15, -0.1) is 0 Å². The average Bonchev–Trinajstić information content (AvgIpc) is 3.16. The second-order valence-electron chi connectivity index (χ2n) is 5.10. The number of pyridine rings is 1. The molecule has 4 nitrogen and oxygen atoms in total. The highest BCUT2D eigenvalue weighted by atomic mass is 16.3. The number of anilines is 1. The van der Waals surface area contributed by atoms with Gasteiger partial charge in [0.2, 0.25) is 5.89 Å². The summed E-state index contributed by atoms with van der Waals surface area (Å²) in [7, 11) is 0. The van der Waals surface area contributed by atoms with E-state index in [-0.39, 0.29) is 0 Å². The predicted molar refractivity (Wildman–Crippen MR) is 78.7 cm³/mol. The highest BCUT2D eigenvalue weighted by molar-refractivity contribution is 5.80. The molecule has 0 radical (unpaired) electrons. The van der Waals surface area contributed by atoms with E-state index in [9.17, 15) is 0 Å². The summed E-state index contributed by atoms with van der Waals surface area (Å²) in [4.78, 5) is 11.0. The van der Waals surface area contributed by atoms with E-state index in [2.05, 4.69) is 27.0 Å². The van der Waals surface area contributed by atoms with Crippen LogP contribution < -0.4 is 4.90 Å². The third-order valence-electron chi connectivity index (χ3n) is 3.77. The van der Waals surface area contributed by atoms with Crippen molar-refractivity contribution in [2.24, 2.45) is 0 Å². The first-order valence-corrected chi connectivity index (χ1v) is 6.96. The summed E-state index contributed by atoms with van der Waals surface area (Å²) in [5.41, 5.74) is 3.95. The smallest absolute Gasteiger partial charge is 0.227 e. The van der Waals surface area contributed by atoms with E-state index in [4.69, 9.17) is 4.42 Å². The number of benzene rings is 1. The fraction of sp³-hybridized carbons (Fsp3) is 0.250. The molecule has 0 bridgehead atoms. The van der Waals surface area contributed by atoms with E-state index in [0.29, 0.717) is 5.89 Å². The summed E-state index contributed by atoms with van der Waals surface area (Å²) in [6.07, 6.45) is 6.05. The highest BCUT2D eigenvalue weighted by Crippen LogP contribution is 2.28. The molecule has 1 saturated heterocycles. The first-order valence-electron chi connectivity index (χ1n) is 6.96. The quantitative estimate of drug-likeness (QED) is 0.711. The molecular formula is C16H15N3O. The van der Waals surface area contributed by atoms with E-state index in [1.54, 1.807) is 12.4 Å². The second-order valence-corrected chi connectivity index (χ2v) is 5.10. The lowest BCUT2D eigenvalue weighted by molar-refractivity contribution is 0.619. The molecular weight excluding hydrogens is 250 g/mol. The Hall–Kier alpha value is -2.36. The van der Waals surface area contributed by atoms with Crippen molar-refractivity contribution in [2.75, 3.05) is 18.0 Å². The zero-order valence-corrected chi connectivity index (χ0v) is 11.1. The molecule has 0 amide bonds. The normalized spacial score (nSPS) is 15.1. The van der Waals surface area contributed by atoms with Gasteiger partial charge in [0.1, 0.15) is 5.52 Å². The molecule has 1 fully saturated rings. The highest BCUT2D eigenvalue weighted by Gasteiger charge is 2.14. The molecule has 3 heterocycles. The van der Waals surface area contributed by atoms with Crippen LogP contribution in [0.25, 0.3) is 22.6 Å². The van der Waals surface area contributed by atoms with Gasteiger partial charge in [-0.1, -0.05) is 0 Å². The first-order chi connectivity index (χ1) is 9.90. The van der Waals surface area contributed by atoms with Gasteiger partial charge >= 0.3 is 0 Å². The minimum absolute atomic E-state index is 0.654. The largest absolute Gasteiger partial charge is 0.436 e. The Kier molecular flexibility index (Phi) is 2.66. The molecule has 0 N–H and O–H groups in total. The Balaban J connectivity index is 1.76. The van der Waals surface area contributed by atoms with E-state index >= 15 is 0 Å². The molecule has 100 valence electrons. The monoisotopic (exact) mass is 265 g/mol. The molecule has 20 heavy (non-hydrogen) atoms. The van der Waals surface area contributed by atoms with E-state index < -0.39 is 0 Å². The number of nitrogens with zero attached hydrogens (tertiary/aromatic N) is 3. The third kappa shape index (κ3) is 1.93. The molecule has 1 aromatic carbocycles. The standard InChI is InChI=1S/C16H15N3O/c1-2-10-19(9-1)13-3-4-15-14(11-13)18-16(20-15)12-5-7-17-8-6-12/h3-8,11H,1-2,9-10H2. The lowest BCUT2D eigenvalue weighted by atomic mass is 10.2. The van der Waals surface area contributed by atoms with Crippen LogP contribution >= 0.6 is 0 Å². The number of oxazole rings is 1. The van der Waals surface area contributed by atoms with Crippen LogP contribution in [0.5, 0.6) is 0 Å². The zero-order valence-electron chi connectivity index (χ0n) is 11.1. The Morgan fingerprint density at radius 2 is 1.80 bits per heavy atom. The first kappa shape index (κ1) is 11.5. The summed E-state index contributed by atoms with van der Waals surface area (Å²) >= 11 is 0. The topological polar surface area (TPSA) is 42.2 Å². The van der Waals surface area contributed by atoms with E-state index in [0.717, 1.165) is 29.8 Å². The van der Waals surface area contributed by atoms with Crippen LogP contribution in [0.1, 0.15) is 12.8 Å². The zero-order chi connectivity index (χ0) is 13.4. The van der Waals surface area contributed by atoms with Crippen molar-refractivity contribution in [3.05, 3.63) is 42.7 Å². The van der Waals surface area contributed by atoms with Gasteiger partial charge in [-0.3, -0.25) is 4.98 Å². The van der Waals surface area contributed by atoms with E-state index in [1.807, 2.05) is 18.2 Å². The summed E-state index contributed by atoms with van der Waals surface area (Å²) in [5.74, 6) is 0.654. The maximum absolute atomic E-state index is 5.81. The summed E-state index contributed by atoms with van der Waals surface area (Å²) in [5, 5.41) is 0. The predicted octanol–water partition coefficient (Wildman–Crippen LogP) is 3.49. The maximum Gasteiger partial charge on any atom is 0.227 e. The fourth-order valence-electron chi connectivity index (χ4n) is 2.71. The number of hydrogen-bond donors (Lipinski definition) is 0. The van der Waals surface area contributed by atoms with E-state index in [1.165, 1.54) is 18.5 Å². The van der Waals surface area contributed by atoms with Crippen molar-refractivity contribution in [1.29, 1.82) is 0 Å². The SMILES string of the molecule is c1cc(-c2nc3cc(N4CCCC4)ccc3o2)ccn1. The molecule has 0 aliphatic carbocycles. The van der Waals surface area contributed by atoms with Crippen LogP contribution in [0.3, 0.4) is 0 Å². The lowest BCUT2D eigenvalue weighted by Crippen LogP contribution is -2.17. The van der Waals surface area contributed by atoms with Gasteiger partial charge in [0.15, 0.2) is 5.58 Å². The Labute approximate surface area is 117 Å². The van der Waals surface area contributed by atoms with Crippen molar-refractivity contribution >= 4 is 16.8 Å². The Morgan fingerprint density at radius 3 is 2.60 bits per heavy atom. The third-order valence-corrected chi connectivity index (χ3v) is 3.77. The minimum atomic E-state index is 0.654. The summed E-state index contributed by atoms with van der Waals surface area (Å²) in [6.45, 7) is 2.28. The van der Waals surface area contributed by atoms with Crippen molar-refractivity contribution in [1.82, 2.24) is 9.97 Å². The fourth-order valence-corrected chi connectivity index (χ4v) is 2.71. The van der Waals surface area contributed by atoms with Gasteiger partial charge in [-0.25, -0.2) is 4.98 Å². The molecule has 3 aromatic rings. The molecule has 1 aliphatic heterocycles.